The maximum absolute atomic E-state index is 11.1. The monoisotopic (exact) mass is 226 g/mol. The molecule has 2 aliphatic rings. The van der Waals surface area contributed by atoms with Crippen molar-refractivity contribution < 1.29 is 9.90 Å². The van der Waals surface area contributed by atoms with E-state index in [0.29, 0.717) is 12.6 Å². The minimum absolute atomic E-state index is 0.223. The van der Waals surface area contributed by atoms with Gasteiger partial charge in [-0.3, -0.25) is 9.69 Å². The van der Waals surface area contributed by atoms with Crippen LogP contribution in [-0.4, -0.2) is 47.2 Å². The average molecular weight is 226 g/mol. The van der Waals surface area contributed by atoms with Crippen LogP contribution in [0.5, 0.6) is 0 Å². The predicted octanol–water partition coefficient (Wildman–Crippen LogP) is 0.922. The van der Waals surface area contributed by atoms with Crippen LogP contribution in [0.2, 0.25) is 0 Å². The molecule has 0 radical (unpaired) electrons. The van der Waals surface area contributed by atoms with Crippen LogP contribution in [0.4, 0.5) is 0 Å². The minimum Gasteiger partial charge on any atom is -0.480 e. The second-order valence-electron chi connectivity index (χ2n) is 5.50. The van der Waals surface area contributed by atoms with Crippen molar-refractivity contribution >= 4 is 5.97 Å². The number of aliphatic carboxylic acids is 1. The summed E-state index contributed by atoms with van der Waals surface area (Å²) >= 11 is 0. The molecule has 1 saturated heterocycles. The quantitative estimate of drug-likeness (QED) is 0.732. The highest BCUT2D eigenvalue weighted by Crippen LogP contribution is 2.37. The van der Waals surface area contributed by atoms with E-state index in [1.807, 2.05) is 13.8 Å². The first-order chi connectivity index (χ1) is 7.56. The van der Waals surface area contributed by atoms with Gasteiger partial charge in [0.25, 0.3) is 0 Å². The Morgan fingerprint density at radius 2 is 2.25 bits per heavy atom. The van der Waals surface area contributed by atoms with E-state index >= 15 is 0 Å². The van der Waals surface area contributed by atoms with Gasteiger partial charge in [-0.25, -0.2) is 0 Å². The number of rotatable bonds is 5. The summed E-state index contributed by atoms with van der Waals surface area (Å²) in [6.45, 7) is 5.75. The van der Waals surface area contributed by atoms with Crippen LogP contribution in [0.25, 0.3) is 0 Å². The number of hydrogen-bond donors (Lipinski definition) is 2. The number of carbonyl (C=O) groups is 1. The third-order valence-corrected chi connectivity index (χ3v) is 3.77. The van der Waals surface area contributed by atoms with Gasteiger partial charge in [-0.1, -0.05) is 13.8 Å². The van der Waals surface area contributed by atoms with E-state index in [4.69, 9.17) is 5.11 Å². The van der Waals surface area contributed by atoms with Crippen molar-refractivity contribution in [2.24, 2.45) is 5.92 Å². The zero-order valence-corrected chi connectivity index (χ0v) is 10.1. The summed E-state index contributed by atoms with van der Waals surface area (Å²) in [7, 11) is 0. The van der Waals surface area contributed by atoms with Gasteiger partial charge in [0.1, 0.15) is 6.04 Å². The molecule has 0 amide bonds. The number of piperidine rings is 1. The van der Waals surface area contributed by atoms with Gasteiger partial charge < -0.3 is 10.4 Å². The smallest absolute Gasteiger partial charge is 0.322 e. The molecule has 2 rings (SSSR count). The molecule has 92 valence electrons. The van der Waals surface area contributed by atoms with Crippen LogP contribution < -0.4 is 5.32 Å². The van der Waals surface area contributed by atoms with Gasteiger partial charge in [-0.2, -0.15) is 0 Å². The lowest BCUT2D eigenvalue weighted by Crippen LogP contribution is -2.50. The van der Waals surface area contributed by atoms with E-state index < -0.39 is 12.0 Å². The van der Waals surface area contributed by atoms with Crippen LogP contribution in [0.3, 0.4) is 0 Å². The Labute approximate surface area is 97.0 Å². The molecule has 0 spiro atoms. The molecule has 0 aromatic carbocycles. The third kappa shape index (κ3) is 2.55. The van der Waals surface area contributed by atoms with Crippen molar-refractivity contribution in [2.75, 3.05) is 13.1 Å². The molecule has 3 unspecified atom stereocenters. The number of hydrogen-bond acceptors (Lipinski definition) is 3. The largest absolute Gasteiger partial charge is 0.480 e. The highest BCUT2D eigenvalue weighted by Gasteiger charge is 2.39. The maximum Gasteiger partial charge on any atom is 0.322 e. The topological polar surface area (TPSA) is 52.6 Å². The first kappa shape index (κ1) is 11.9. The van der Waals surface area contributed by atoms with E-state index in [1.54, 1.807) is 0 Å². The Kier molecular flexibility index (Phi) is 3.50. The van der Waals surface area contributed by atoms with Crippen molar-refractivity contribution in [3.63, 3.8) is 0 Å². The molecule has 2 fully saturated rings. The van der Waals surface area contributed by atoms with Gasteiger partial charge in [0, 0.05) is 25.2 Å². The van der Waals surface area contributed by atoms with Crippen LogP contribution in [0, 0.1) is 5.92 Å². The SMILES string of the molecule is CC(C)NC(CN1CC2CCC1C2)C(=O)O. The molecule has 16 heavy (non-hydrogen) atoms. The normalized spacial score (nSPS) is 31.2. The fraction of sp³-hybridized carbons (Fsp3) is 0.917. The van der Waals surface area contributed by atoms with Gasteiger partial charge in [0.2, 0.25) is 0 Å². The van der Waals surface area contributed by atoms with Crippen molar-refractivity contribution in [1.82, 2.24) is 10.2 Å². The summed E-state index contributed by atoms with van der Waals surface area (Å²) in [6, 6.07) is 0.459. The van der Waals surface area contributed by atoms with E-state index in [9.17, 15) is 4.79 Å². The highest BCUT2D eigenvalue weighted by atomic mass is 16.4. The van der Waals surface area contributed by atoms with Crippen molar-refractivity contribution in [3.05, 3.63) is 0 Å². The van der Waals surface area contributed by atoms with E-state index in [-0.39, 0.29) is 6.04 Å². The van der Waals surface area contributed by atoms with Crippen LogP contribution in [-0.2, 0) is 4.79 Å². The second-order valence-corrected chi connectivity index (χ2v) is 5.50. The molecule has 1 saturated carbocycles. The van der Waals surface area contributed by atoms with Crippen LogP contribution >= 0.6 is 0 Å². The number of carboxylic acids is 1. The second kappa shape index (κ2) is 4.72. The van der Waals surface area contributed by atoms with Gasteiger partial charge in [0.05, 0.1) is 0 Å². The molecule has 2 bridgehead atoms. The zero-order chi connectivity index (χ0) is 11.7. The van der Waals surface area contributed by atoms with Crippen molar-refractivity contribution in [2.45, 2.75) is 51.2 Å². The number of likely N-dealkylation sites (tertiary alicyclic amines) is 1. The summed E-state index contributed by atoms with van der Waals surface area (Å²) in [5.41, 5.74) is 0. The number of nitrogens with zero attached hydrogens (tertiary/aromatic N) is 1. The van der Waals surface area contributed by atoms with Crippen LogP contribution in [0.15, 0.2) is 0 Å². The van der Waals surface area contributed by atoms with E-state index in [1.165, 1.54) is 19.3 Å². The van der Waals surface area contributed by atoms with Gasteiger partial charge in [0.15, 0.2) is 0 Å². The predicted molar refractivity (Wildman–Crippen MR) is 62.4 cm³/mol. The van der Waals surface area contributed by atoms with Gasteiger partial charge in [-0.15, -0.1) is 0 Å². The Bertz CT molecular complexity index is 268. The molecule has 0 aromatic heterocycles. The third-order valence-electron chi connectivity index (χ3n) is 3.77. The molecule has 1 aliphatic carbocycles. The molecule has 4 heteroatoms. The zero-order valence-electron chi connectivity index (χ0n) is 10.1. The van der Waals surface area contributed by atoms with Gasteiger partial charge in [-0.05, 0) is 25.2 Å². The average Bonchev–Trinajstić information content (AvgIpc) is 2.77. The number of fused-ring (bicyclic) bond motifs is 2. The highest BCUT2D eigenvalue weighted by molar-refractivity contribution is 5.73. The van der Waals surface area contributed by atoms with Crippen molar-refractivity contribution in [3.8, 4) is 0 Å². The number of carboxylic acid groups (broad SMARTS) is 1. The summed E-state index contributed by atoms with van der Waals surface area (Å²) in [5.74, 6) is 0.106. The summed E-state index contributed by atoms with van der Waals surface area (Å²) < 4.78 is 0. The summed E-state index contributed by atoms with van der Waals surface area (Å²) in [5, 5.41) is 12.3. The fourth-order valence-corrected chi connectivity index (χ4v) is 3.09. The molecule has 1 heterocycles. The lowest BCUT2D eigenvalue weighted by molar-refractivity contribution is -0.140. The molecule has 3 atom stereocenters. The number of nitrogens with one attached hydrogen (secondary N) is 1. The Hall–Kier alpha value is -0.610. The molecule has 0 aromatic rings. The first-order valence-electron chi connectivity index (χ1n) is 6.29. The molecular formula is C12H22N2O2. The Balaban J connectivity index is 1.88. The Morgan fingerprint density at radius 3 is 2.69 bits per heavy atom. The first-order valence-corrected chi connectivity index (χ1v) is 6.29. The molecular weight excluding hydrogens is 204 g/mol. The van der Waals surface area contributed by atoms with E-state index in [2.05, 4.69) is 10.2 Å². The lowest BCUT2D eigenvalue weighted by Gasteiger charge is -2.30. The lowest BCUT2D eigenvalue weighted by atomic mass is 10.1. The standard InChI is InChI=1S/C12H22N2O2/c1-8(2)13-11(12(15)16)7-14-6-9-3-4-10(14)5-9/h8-11,13H,3-7H2,1-2H3,(H,15,16). The fourth-order valence-electron chi connectivity index (χ4n) is 3.09. The molecule has 4 nitrogen and oxygen atoms in total. The van der Waals surface area contributed by atoms with Crippen LogP contribution in [0.1, 0.15) is 33.1 Å². The van der Waals surface area contributed by atoms with E-state index in [0.717, 1.165) is 12.5 Å². The Morgan fingerprint density at radius 1 is 1.50 bits per heavy atom. The summed E-state index contributed by atoms with van der Waals surface area (Å²) in [6.07, 6.45) is 3.89. The van der Waals surface area contributed by atoms with Gasteiger partial charge >= 0.3 is 5.97 Å². The molecule has 2 N–H and O–H groups in total. The maximum atomic E-state index is 11.1. The molecule has 1 aliphatic heterocycles. The van der Waals surface area contributed by atoms with Crippen molar-refractivity contribution in [1.29, 1.82) is 0 Å². The summed E-state index contributed by atoms with van der Waals surface area (Å²) in [4.78, 5) is 13.5. The minimum atomic E-state index is -0.725.